The van der Waals surface area contributed by atoms with Crippen LogP contribution in [0, 0.1) is 17.7 Å². The maximum atomic E-state index is 14.8. The number of nitrogens with two attached hydrogens (primary N) is 1. The summed E-state index contributed by atoms with van der Waals surface area (Å²) in [6.07, 6.45) is 0.305. The molecule has 0 radical (unpaired) electrons. The third-order valence-electron chi connectivity index (χ3n) is 5.03. The zero-order valence-electron chi connectivity index (χ0n) is 18.4. The molecule has 8 nitrogen and oxygen atoms in total. The molecule has 0 bridgehead atoms. The summed E-state index contributed by atoms with van der Waals surface area (Å²) >= 11 is 0. The Kier molecular flexibility index (Phi) is 6.84. The van der Waals surface area contributed by atoms with E-state index in [4.69, 9.17) is 10.5 Å². The predicted octanol–water partition coefficient (Wildman–Crippen LogP) is 3.72. The highest BCUT2D eigenvalue weighted by atomic mass is 32.2. The van der Waals surface area contributed by atoms with Crippen molar-refractivity contribution in [1.29, 1.82) is 0 Å². The molecule has 3 aromatic rings. The van der Waals surface area contributed by atoms with Gasteiger partial charge in [-0.25, -0.2) is 17.6 Å². The highest BCUT2D eigenvalue weighted by Gasteiger charge is 2.25. The lowest BCUT2D eigenvalue weighted by molar-refractivity contribution is 0.202. The van der Waals surface area contributed by atoms with Crippen LogP contribution in [0.1, 0.15) is 19.0 Å². The van der Waals surface area contributed by atoms with Gasteiger partial charge in [0.1, 0.15) is 11.4 Å². The molecule has 1 heterocycles. The fourth-order valence-electron chi connectivity index (χ4n) is 3.51. The summed E-state index contributed by atoms with van der Waals surface area (Å²) in [7, 11) is -2.53. The van der Waals surface area contributed by atoms with Crippen molar-refractivity contribution in [2.45, 2.75) is 24.8 Å². The fourth-order valence-corrected chi connectivity index (χ4v) is 4.15. The topological polar surface area (TPSA) is 115 Å². The number of anilines is 2. The Labute approximate surface area is 191 Å². The average molecular weight is 474 g/mol. The number of carbonyl (C=O) groups is 1. The zero-order valence-corrected chi connectivity index (χ0v) is 19.2. The molecule has 1 aromatic heterocycles. The van der Waals surface area contributed by atoms with Gasteiger partial charge >= 0.3 is 6.09 Å². The van der Waals surface area contributed by atoms with Gasteiger partial charge in [0.2, 0.25) is 0 Å². The summed E-state index contributed by atoms with van der Waals surface area (Å²) in [5.74, 6) is 4.45. The monoisotopic (exact) mass is 473 g/mol. The molecule has 0 saturated heterocycles. The lowest BCUT2D eigenvalue weighted by Crippen LogP contribution is -2.31. The van der Waals surface area contributed by atoms with Crippen LogP contribution in [0.4, 0.5) is 20.6 Å². The van der Waals surface area contributed by atoms with E-state index in [9.17, 15) is 22.7 Å². The normalized spacial score (nSPS) is 11.2. The third kappa shape index (κ3) is 4.88. The molecule has 0 spiro atoms. The van der Waals surface area contributed by atoms with Crippen LogP contribution in [0.2, 0.25) is 0 Å². The molecule has 0 aliphatic rings. The number of nitrogens with zero attached hydrogens (tertiary/aromatic N) is 2. The van der Waals surface area contributed by atoms with Gasteiger partial charge in [0, 0.05) is 29.9 Å². The number of benzene rings is 2. The summed E-state index contributed by atoms with van der Waals surface area (Å²) < 4.78 is 45.5. The number of amides is 1. The Morgan fingerprint density at radius 3 is 2.64 bits per heavy atom. The second-order valence-electron chi connectivity index (χ2n) is 7.36. The van der Waals surface area contributed by atoms with Crippen molar-refractivity contribution in [1.82, 2.24) is 4.57 Å². The van der Waals surface area contributed by atoms with E-state index in [1.165, 1.54) is 7.11 Å². The minimum absolute atomic E-state index is 0.229. The molecule has 0 atom stereocenters. The van der Waals surface area contributed by atoms with E-state index in [0.717, 1.165) is 35.7 Å². The number of aromatic nitrogens is 1. The Bertz CT molecular complexity index is 1390. The summed E-state index contributed by atoms with van der Waals surface area (Å²) in [6.45, 7) is 2.34. The standard InChI is InChI=1S/C23H24FN3O5S/c1-4-10-26-15(12-17-19(25)8-5-9-20(17)26)7-6-11-27(23(28)29)22-18(24)13-16(33(3,30)31)14-21(22)32-2/h5,8-9,12-14H,4,10-11,25H2,1-3H3,(H,28,29). The second kappa shape index (κ2) is 9.42. The van der Waals surface area contributed by atoms with Gasteiger partial charge in [-0.15, -0.1) is 0 Å². The first kappa shape index (κ1) is 23.9. The third-order valence-corrected chi connectivity index (χ3v) is 6.12. The molecule has 0 aliphatic heterocycles. The van der Waals surface area contributed by atoms with Crippen LogP contribution in [0.25, 0.3) is 10.9 Å². The van der Waals surface area contributed by atoms with Crippen LogP contribution in [0.15, 0.2) is 41.3 Å². The number of rotatable bonds is 6. The van der Waals surface area contributed by atoms with E-state index in [1.54, 1.807) is 6.07 Å². The van der Waals surface area contributed by atoms with E-state index >= 15 is 0 Å². The van der Waals surface area contributed by atoms with Crippen molar-refractivity contribution in [3.8, 4) is 17.6 Å². The number of ether oxygens (including phenoxy) is 1. The molecule has 0 aliphatic carbocycles. The Balaban J connectivity index is 2.03. The minimum Gasteiger partial charge on any atom is -0.494 e. The molecule has 2 aromatic carbocycles. The summed E-state index contributed by atoms with van der Waals surface area (Å²) in [6, 6.07) is 9.25. The molecular weight excluding hydrogens is 449 g/mol. The molecule has 0 fully saturated rings. The largest absolute Gasteiger partial charge is 0.494 e. The summed E-state index contributed by atoms with van der Waals surface area (Å²) in [5, 5.41) is 10.5. The van der Waals surface area contributed by atoms with Crippen LogP contribution in [-0.2, 0) is 16.4 Å². The highest BCUT2D eigenvalue weighted by molar-refractivity contribution is 7.90. The van der Waals surface area contributed by atoms with E-state index in [2.05, 4.69) is 11.8 Å². The molecule has 174 valence electrons. The van der Waals surface area contributed by atoms with Crippen LogP contribution >= 0.6 is 0 Å². The number of aryl methyl sites for hydroxylation is 1. The SMILES string of the molecule is CCCn1c(C#CCN(C(=O)O)c2c(F)cc(S(C)(=O)=O)cc2OC)cc2c(N)cccc21. The molecule has 33 heavy (non-hydrogen) atoms. The Morgan fingerprint density at radius 2 is 2.03 bits per heavy atom. The van der Waals surface area contributed by atoms with Crippen molar-refractivity contribution in [3.63, 3.8) is 0 Å². The van der Waals surface area contributed by atoms with E-state index in [0.29, 0.717) is 22.8 Å². The number of hydrogen-bond acceptors (Lipinski definition) is 5. The lowest BCUT2D eigenvalue weighted by Gasteiger charge is -2.20. The molecule has 0 unspecified atom stereocenters. The van der Waals surface area contributed by atoms with E-state index < -0.39 is 27.4 Å². The van der Waals surface area contributed by atoms with Gasteiger partial charge < -0.3 is 20.1 Å². The molecule has 3 rings (SSSR count). The van der Waals surface area contributed by atoms with Gasteiger partial charge in [-0.05, 0) is 36.6 Å². The van der Waals surface area contributed by atoms with Crippen LogP contribution < -0.4 is 15.4 Å². The quantitative estimate of drug-likeness (QED) is 0.417. The van der Waals surface area contributed by atoms with Gasteiger partial charge in [0.25, 0.3) is 0 Å². The van der Waals surface area contributed by atoms with Gasteiger partial charge in [-0.1, -0.05) is 18.9 Å². The van der Waals surface area contributed by atoms with Crippen molar-refractivity contribution in [3.05, 3.63) is 47.9 Å². The first-order valence-electron chi connectivity index (χ1n) is 10.0. The number of sulfone groups is 1. The van der Waals surface area contributed by atoms with Gasteiger partial charge in [0.05, 0.1) is 29.8 Å². The fraction of sp³-hybridized carbons (Fsp3) is 0.261. The lowest BCUT2D eigenvalue weighted by atomic mass is 10.2. The van der Waals surface area contributed by atoms with Crippen molar-refractivity contribution in [2.75, 3.05) is 30.5 Å². The molecule has 0 saturated carbocycles. The van der Waals surface area contributed by atoms with Crippen LogP contribution in [0.5, 0.6) is 5.75 Å². The first-order chi connectivity index (χ1) is 15.6. The minimum atomic E-state index is -3.73. The molecular formula is C23H24FN3O5S. The smallest absolute Gasteiger partial charge is 0.412 e. The number of nitrogen functional groups attached to an aromatic ring is 1. The number of hydrogen-bond donors (Lipinski definition) is 2. The predicted molar refractivity (Wildman–Crippen MR) is 125 cm³/mol. The van der Waals surface area contributed by atoms with Crippen molar-refractivity contribution >= 4 is 38.2 Å². The van der Waals surface area contributed by atoms with Crippen molar-refractivity contribution < 1.29 is 27.4 Å². The zero-order chi connectivity index (χ0) is 24.3. The van der Waals surface area contributed by atoms with Crippen LogP contribution in [0.3, 0.4) is 0 Å². The number of methoxy groups -OCH3 is 1. The van der Waals surface area contributed by atoms with Gasteiger partial charge in [-0.2, -0.15) is 0 Å². The second-order valence-corrected chi connectivity index (χ2v) is 9.38. The average Bonchev–Trinajstić information content (AvgIpc) is 3.09. The highest BCUT2D eigenvalue weighted by Crippen LogP contribution is 2.34. The summed E-state index contributed by atoms with van der Waals surface area (Å²) in [5.41, 5.74) is 7.83. The van der Waals surface area contributed by atoms with Gasteiger partial charge in [-0.3, -0.25) is 4.90 Å². The van der Waals surface area contributed by atoms with E-state index in [1.807, 2.05) is 29.7 Å². The van der Waals surface area contributed by atoms with Gasteiger partial charge in [0.15, 0.2) is 15.7 Å². The maximum Gasteiger partial charge on any atom is 0.412 e. The van der Waals surface area contributed by atoms with Crippen LogP contribution in [-0.4, -0.2) is 44.1 Å². The first-order valence-corrected chi connectivity index (χ1v) is 11.9. The number of fused-ring (bicyclic) bond motifs is 1. The molecule has 3 N–H and O–H groups in total. The van der Waals surface area contributed by atoms with E-state index in [-0.39, 0.29) is 17.2 Å². The number of halogens is 1. The Morgan fingerprint density at radius 1 is 1.30 bits per heavy atom. The summed E-state index contributed by atoms with van der Waals surface area (Å²) in [4.78, 5) is 12.2. The maximum absolute atomic E-state index is 14.8. The Hall–Kier alpha value is -3.71. The number of carboxylic acid groups (broad SMARTS) is 1. The molecule has 10 heteroatoms. The molecule has 1 amide bonds. The van der Waals surface area contributed by atoms with Crippen molar-refractivity contribution in [2.24, 2.45) is 0 Å².